The molecule has 0 bridgehead atoms. The summed E-state index contributed by atoms with van der Waals surface area (Å²) in [6.07, 6.45) is -0.940. The van der Waals surface area contributed by atoms with Crippen LogP contribution in [0.5, 0.6) is 0 Å². The molecule has 0 amide bonds. The molecule has 5 heteroatoms. The van der Waals surface area contributed by atoms with E-state index >= 15 is 0 Å². The Morgan fingerprint density at radius 1 is 1.33 bits per heavy atom. The normalized spacial score (nSPS) is 14.2. The summed E-state index contributed by atoms with van der Waals surface area (Å²) in [4.78, 5) is 13.0. The van der Waals surface area contributed by atoms with E-state index in [1.807, 2.05) is 51.0 Å². The van der Waals surface area contributed by atoms with Gasteiger partial charge >= 0.3 is 5.97 Å². The maximum atomic E-state index is 11.0. The largest absolute Gasteiger partial charge is 0.481 e. The number of aliphatic hydroxyl groups is 1. The third kappa shape index (κ3) is 5.83. The van der Waals surface area contributed by atoms with Gasteiger partial charge in [0.25, 0.3) is 0 Å². The van der Waals surface area contributed by atoms with Crippen molar-refractivity contribution in [3.05, 3.63) is 34.9 Å². The lowest BCUT2D eigenvalue weighted by molar-refractivity contribution is -0.138. The number of carboxylic acids is 1. The van der Waals surface area contributed by atoms with Crippen molar-refractivity contribution < 1.29 is 15.0 Å². The van der Waals surface area contributed by atoms with Crippen molar-refractivity contribution in [3.8, 4) is 0 Å². The van der Waals surface area contributed by atoms with E-state index in [4.69, 9.17) is 5.11 Å². The Kier molecular flexibility index (Phi) is 6.81. The summed E-state index contributed by atoms with van der Waals surface area (Å²) in [5, 5.41) is 22.8. The first-order valence-corrected chi connectivity index (χ1v) is 7.16. The highest BCUT2D eigenvalue weighted by Crippen LogP contribution is 2.23. The minimum Gasteiger partial charge on any atom is -0.481 e. The number of likely N-dealkylation sites (N-methyl/N-ethyl adjacent to an activating group) is 1. The third-order valence-corrected chi connectivity index (χ3v) is 3.49. The van der Waals surface area contributed by atoms with Gasteiger partial charge in [0, 0.05) is 19.1 Å². The summed E-state index contributed by atoms with van der Waals surface area (Å²) in [7, 11) is 3.91. The minimum atomic E-state index is -0.915. The molecule has 0 saturated heterocycles. The molecule has 2 atom stereocenters. The average molecular weight is 294 g/mol. The van der Waals surface area contributed by atoms with Crippen molar-refractivity contribution in [3.63, 3.8) is 0 Å². The van der Waals surface area contributed by atoms with Gasteiger partial charge in [0.15, 0.2) is 0 Å². The van der Waals surface area contributed by atoms with Gasteiger partial charge in [-0.15, -0.1) is 0 Å². The van der Waals surface area contributed by atoms with Gasteiger partial charge in [0.1, 0.15) is 0 Å². The molecule has 0 aromatic heterocycles. The van der Waals surface area contributed by atoms with Gasteiger partial charge in [0.05, 0.1) is 12.5 Å². The predicted molar refractivity (Wildman–Crippen MR) is 83.5 cm³/mol. The molecule has 5 nitrogen and oxygen atoms in total. The molecule has 2 unspecified atom stereocenters. The van der Waals surface area contributed by atoms with E-state index in [1.165, 1.54) is 0 Å². The second-order valence-electron chi connectivity index (χ2n) is 5.77. The van der Waals surface area contributed by atoms with E-state index in [0.29, 0.717) is 6.54 Å². The van der Waals surface area contributed by atoms with Crippen LogP contribution in [0.3, 0.4) is 0 Å². The molecular weight excluding hydrogens is 268 g/mol. The lowest BCUT2D eigenvalue weighted by Crippen LogP contribution is -2.40. The lowest BCUT2D eigenvalue weighted by Gasteiger charge is -2.25. The van der Waals surface area contributed by atoms with Crippen LogP contribution in [0, 0.1) is 13.8 Å². The summed E-state index contributed by atoms with van der Waals surface area (Å²) < 4.78 is 0. The molecular formula is C16H26N2O3. The molecule has 0 aliphatic heterocycles. The van der Waals surface area contributed by atoms with Crippen LogP contribution in [0.15, 0.2) is 18.2 Å². The highest BCUT2D eigenvalue weighted by molar-refractivity contribution is 5.67. The molecule has 0 radical (unpaired) electrons. The predicted octanol–water partition coefficient (Wildman–Crippen LogP) is 1.33. The van der Waals surface area contributed by atoms with E-state index in [0.717, 1.165) is 23.2 Å². The monoisotopic (exact) mass is 294 g/mol. The van der Waals surface area contributed by atoms with E-state index < -0.39 is 18.1 Å². The lowest BCUT2D eigenvalue weighted by atomic mass is 9.94. The van der Waals surface area contributed by atoms with Gasteiger partial charge in [-0.05, 0) is 39.1 Å². The second kappa shape index (κ2) is 8.12. The fourth-order valence-corrected chi connectivity index (χ4v) is 2.25. The Morgan fingerprint density at radius 3 is 2.57 bits per heavy atom. The van der Waals surface area contributed by atoms with Crippen LogP contribution in [0.1, 0.15) is 29.2 Å². The number of nitrogens with one attached hydrogen (secondary N) is 1. The molecule has 0 saturated carbocycles. The van der Waals surface area contributed by atoms with Crippen LogP contribution >= 0.6 is 0 Å². The summed E-state index contributed by atoms with van der Waals surface area (Å²) in [5.74, 6) is -0.915. The van der Waals surface area contributed by atoms with Crippen LogP contribution < -0.4 is 5.32 Å². The van der Waals surface area contributed by atoms with Crippen LogP contribution in [-0.2, 0) is 4.79 Å². The summed E-state index contributed by atoms with van der Waals surface area (Å²) in [5.41, 5.74) is 2.81. The molecule has 1 aromatic carbocycles. The Labute approximate surface area is 126 Å². The van der Waals surface area contributed by atoms with E-state index in [9.17, 15) is 9.90 Å². The van der Waals surface area contributed by atoms with E-state index in [1.54, 1.807) is 0 Å². The van der Waals surface area contributed by atoms with Crippen LogP contribution in [-0.4, -0.2) is 54.3 Å². The van der Waals surface area contributed by atoms with Gasteiger partial charge in [-0.3, -0.25) is 4.79 Å². The zero-order chi connectivity index (χ0) is 16.0. The Morgan fingerprint density at radius 2 is 2.00 bits per heavy atom. The first kappa shape index (κ1) is 17.6. The number of aliphatic carboxylic acids is 1. The Bertz CT molecular complexity index is 475. The molecule has 0 aliphatic carbocycles. The number of nitrogens with zero attached hydrogens (tertiary/aromatic N) is 1. The summed E-state index contributed by atoms with van der Waals surface area (Å²) >= 11 is 0. The smallest absolute Gasteiger partial charge is 0.305 e. The van der Waals surface area contributed by atoms with Gasteiger partial charge in [-0.2, -0.15) is 0 Å². The molecule has 3 N–H and O–H groups in total. The Balaban J connectivity index is 2.85. The topological polar surface area (TPSA) is 72.8 Å². The summed E-state index contributed by atoms with van der Waals surface area (Å²) in [6, 6.07) is 5.36. The molecule has 0 spiro atoms. The fourth-order valence-electron chi connectivity index (χ4n) is 2.25. The van der Waals surface area contributed by atoms with Crippen LogP contribution in [0.4, 0.5) is 0 Å². The van der Waals surface area contributed by atoms with Crippen molar-refractivity contribution in [2.24, 2.45) is 0 Å². The van der Waals surface area contributed by atoms with Crippen molar-refractivity contribution in [2.45, 2.75) is 32.4 Å². The Hall–Kier alpha value is -1.43. The number of carboxylic acid groups (broad SMARTS) is 1. The van der Waals surface area contributed by atoms with Crippen molar-refractivity contribution >= 4 is 5.97 Å². The number of hydrogen-bond acceptors (Lipinski definition) is 4. The van der Waals surface area contributed by atoms with Gasteiger partial charge < -0.3 is 20.4 Å². The van der Waals surface area contributed by atoms with Gasteiger partial charge in [-0.25, -0.2) is 0 Å². The zero-order valence-corrected chi connectivity index (χ0v) is 13.3. The standard InChI is InChI=1S/C16H26N2O3/c1-11-5-6-12(2)13(9-11)16(21)14(10-15(19)20)17-7-8-18(3)4/h5-6,9,14,16-17,21H,7-8,10H2,1-4H3,(H,19,20). The quantitative estimate of drug-likeness (QED) is 0.674. The average Bonchev–Trinajstić information content (AvgIpc) is 2.39. The van der Waals surface area contributed by atoms with E-state index in [2.05, 4.69) is 5.32 Å². The second-order valence-corrected chi connectivity index (χ2v) is 5.77. The maximum Gasteiger partial charge on any atom is 0.305 e. The first-order valence-electron chi connectivity index (χ1n) is 7.16. The molecule has 0 aliphatic rings. The SMILES string of the molecule is Cc1ccc(C)c(C(O)C(CC(=O)O)NCCN(C)C)c1. The maximum absolute atomic E-state index is 11.0. The van der Waals surface area contributed by atoms with Crippen molar-refractivity contribution in [1.29, 1.82) is 0 Å². The van der Waals surface area contributed by atoms with Crippen LogP contribution in [0.2, 0.25) is 0 Å². The van der Waals surface area contributed by atoms with E-state index in [-0.39, 0.29) is 6.42 Å². The number of carbonyl (C=O) groups is 1. The summed E-state index contributed by atoms with van der Waals surface area (Å²) in [6.45, 7) is 5.31. The number of rotatable bonds is 8. The fraction of sp³-hybridized carbons (Fsp3) is 0.562. The molecule has 118 valence electrons. The molecule has 0 fully saturated rings. The van der Waals surface area contributed by atoms with Gasteiger partial charge in [-0.1, -0.05) is 23.8 Å². The number of aryl methyl sites for hydroxylation is 2. The molecule has 1 aromatic rings. The number of benzene rings is 1. The molecule has 1 rings (SSSR count). The highest BCUT2D eigenvalue weighted by Gasteiger charge is 2.24. The molecule has 21 heavy (non-hydrogen) atoms. The first-order chi connectivity index (χ1) is 9.81. The van der Waals surface area contributed by atoms with Crippen molar-refractivity contribution in [1.82, 2.24) is 10.2 Å². The third-order valence-electron chi connectivity index (χ3n) is 3.49. The van der Waals surface area contributed by atoms with Gasteiger partial charge in [0.2, 0.25) is 0 Å². The number of aliphatic hydroxyl groups excluding tert-OH is 1. The highest BCUT2D eigenvalue weighted by atomic mass is 16.4. The molecule has 0 heterocycles. The van der Waals surface area contributed by atoms with Crippen molar-refractivity contribution in [2.75, 3.05) is 27.2 Å². The zero-order valence-electron chi connectivity index (χ0n) is 13.3. The van der Waals surface area contributed by atoms with Crippen LogP contribution in [0.25, 0.3) is 0 Å². The minimum absolute atomic E-state index is 0.109. The number of hydrogen-bond donors (Lipinski definition) is 3.